The average molecular weight is 332 g/mol. The molecule has 0 radical (unpaired) electrons. The Kier molecular flexibility index (Phi) is 4.77. The van der Waals surface area contributed by atoms with E-state index < -0.39 is 0 Å². The molecule has 0 aromatic carbocycles. The van der Waals surface area contributed by atoms with Gasteiger partial charge in [-0.3, -0.25) is 14.8 Å². The van der Waals surface area contributed by atoms with E-state index in [1.165, 1.54) is 17.3 Å². The van der Waals surface area contributed by atoms with Crippen molar-refractivity contribution < 1.29 is 4.79 Å². The molecule has 0 bridgehead atoms. The Morgan fingerprint density at radius 2 is 2.04 bits per heavy atom. The van der Waals surface area contributed by atoms with Gasteiger partial charge in [-0.2, -0.15) is 5.10 Å². The Morgan fingerprint density at radius 1 is 1.16 bits per heavy atom. The van der Waals surface area contributed by atoms with Gasteiger partial charge in [0.25, 0.3) is 0 Å². The van der Waals surface area contributed by atoms with Crippen LogP contribution in [0.25, 0.3) is 11.4 Å². The van der Waals surface area contributed by atoms with Gasteiger partial charge in [0.05, 0.1) is 23.8 Å². The minimum atomic E-state index is -0.281. The number of carbonyl (C=O) groups is 1. The van der Waals surface area contributed by atoms with E-state index in [-0.39, 0.29) is 5.78 Å². The maximum atomic E-state index is 12.4. The first-order valence-corrected chi connectivity index (χ1v) is 7.48. The number of hydrazine groups is 1. The number of allylic oxidation sites excluding steroid dienone is 2. The standard InChI is InChI=1S/C18H16N6O/c1-14(16-7-11-22-24(16)18-6-2-3-10-21-18)17(25)8-12-23(19)15-5-4-9-20-13-15/h2-13H,1,19H2/b12-8-. The van der Waals surface area contributed by atoms with E-state index in [4.69, 9.17) is 5.84 Å². The lowest BCUT2D eigenvalue weighted by molar-refractivity contribution is -0.109. The molecule has 3 aromatic heterocycles. The van der Waals surface area contributed by atoms with Crippen LogP contribution in [0.3, 0.4) is 0 Å². The van der Waals surface area contributed by atoms with Gasteiger partial charge in [0.2, 0.25) is 0 Å². The molecule has 3 rings (SSSR count). The number of carbonyl (C=O) groups excluding carboxylic acids is 1. The van der Waals surface area contributed by atoms with Gasteiger partial charge in [-0.1, -0.05) is 12.6 Å². The maximum absolute atomic E-state index is 12.4. The number of rotatable bonds is 6. The van der Waals surface area contributed by atoms with Crippen LogP contribution < -0.4 is 10.9 Å². The third-order valence-corrected chi connectivity index (χ3v) is 3.45. The van der Waals surface area contributed by atoms with Gasteiger partial charge in [-0.25, -0.2) is 15.5 Å². The van der Waals surface area contributed by atoms with Gasteiger partial charge in [0.15, 0.2) is 11.6 Å². The molecule has 3 aromatic rings. The highest BCUT2D eigenvalue weighted by Gasteiger charge is 2.14. The smallest absolute Gasteiger partial charge is 0.188 e. The summed E-state index contributed by atoms with van der Waals surface area (Å²) in [6.45, 7) is 3.87. The van der Waals surface area contributed by atoms with Gasteiger partial charge in [0.1, 0.15) is 0 Å². The summed E-state index contributed by atoms with van der Waals surface area (Å²) in [5.74, 6) is 6.21. The number of hydrogen-bond acceptors (Lipinski definition) is 6. The third-order valence-electron chi connectivity index (χ3n) is 3.45. The number of hydrogen-bond donors (Lipinski definition) is 1. The predicted octanol–water partition coefficient (Wildman–Crippen LogP) is 2.14. The van der Waals surface area contributed by atoms with Crippen molar-refractivity contribution in [2.24, 2.45) is 5.84 Å². The van der Waals surface area contributed by atoms with Gasteiger partial charge < -0.3 is 0 Å². The summed E-state index contributed by atoms with van der Waals surface area (Å²) in [5, 5.41) is 5.52. The topological polar surface area (TPSA) is 89.9 Å². The zero-order chi connectivity index (χ0) is 17.6. The van der Waals surface area contributed by atoms with E-state index in [2.05, 4.69) is 21.6 Å². The molecule has 0 amide bonds. The minimum absolute atomic E-state index is 0.281. The SMILES string of the molecule is C=C(C(=O)/C=C\N(N)c1cccnc1)c1ccnn1-c1ccccn1. The average Bonchev–Trinajstić information content (AvgIpc) is 3.16. The molecule has 0 saturated carbocycles. The van der Waals surface area contributed by atoms with E-state index in [0.717, 1.165) is 0 Å². The summed E-state index contributed by atoms with van der Waals surface area (Å²) in [4.78, 5) is 20.6. The normalized spacial score (nSPS) is 10.8. The van der Waals surface area contributed by atoms with Crippen molar-refractivity contribution >= 4 is 17.0 Å². The molecular formula is C18H16N6O. The van der Waals surface area contributed by atoms with Crippen LogP contribution in [0.5, 0.6) is 0 Å². The molecule has 25 heavy (non-hydrogen) atoms. The van der Waals surface area contributed by atoms with Crippen molar-refractivity contribution in [2.45, 2.75) is 0 Å². The molecule has 0 aliphatic rings. The van der Waals surface area contributed by atoms with Crippen molar-refractivity contribution in [3.05, 3.63) is 85.7 Å². The quantitative estimate of drug-likeness (QED) is 0.422. The van der Waals surface area contributed by atoms with Crippen LogP contribution in [0.15, 0.2) is 80.0 Å². The lowest BCUT2D eigenvalue weighted by atomic mass is 10.1. The second-order valence-corrected chi connectivity index (χ2v) is 5.09. The van der Waals surface area contributed by atoms with Gasteiger partial charge >= 0.3 is 0 Å². The van der Waals surface area contributed by atoms with Gasteiger partial charge in [0, 0.05) is 30.2 Å². The Balaban J connectivity index is 1.77. The summed E-state index contributed by atoms with van der Waals surface area (Å²) in [7, 11) is 0. The summed E-state index contributed by atoms with van der Waals surface area (Å²) >= 11 is 0. The highest BCUT2D eigenvalue weighted by molar-refractivity contribution is 6.25. The second-order valence-electron chi connectivity index (χ2n) is 5.09. The Labute approximate surface area is 144 Å². The Morgan fingerprint density at radius 3 is 2.76 bits per heavy atom. The monoisotopic (exact) mass is 332 g/mol. The molecule has 0 fully saturated rings. The molecule has 0 spiro atoms. The van der Waals surface area contributed by atoms with Crippen LogP contribution in [-0.2, 0) is 4.79 Å². The zero-order valence-corrected chi connectivity index (χ0v) is 13.4. The van der Waals surface area contributed by atoms with E-state index >= 15 is 0 Å². The number of nitrogens with zero attached hydrogens (tertiary/aromatic N) is 5. The largest absolute Gasteiger partial charge is 0.289 e. The van der Waals surface area contributed by atoms with Crippen LogP contribution in [-0.4, -0.2) is 25.5 Å². The molecular weight excluding hydrogens is 316 g/mol. The van der Waals surface area contributed by atoms with Gasteiger partial charge in [-0.05, 0) is 30.3 Å². The van der Waals surface area contributed by atoms with Crippen molar-refractivity contribution in [1.82, 2.24) is 19.7 Å². The summed E-state index contributed by atoms with van der Waals surface area (Å²) in [6.07, 6.45) is 9.31. The van der Waals surface area contributed by atoms with E-state index in [1.807, 2.05) is 12.1 Å². The van der Waals surface area contributed by atoms with Gasteiger partial charge in [-0.15, -0.1) is 0 Å². The highest BCUT2D eigenvalue weighted by atomic mass is 16.1. The predicted molar refractivity (Wildman–Crippen MR) is 95.4 cm³/mol. The summed E-state index contributed by atoms with van der Waals surface area (Å²) in [6, 6.07) is 10.7. The second kappa shape index (κ2) is 7.33. The first kappa shape index (κ1) is 16.3. The van der Waals surface area contributed by atoms with Crippen LogP contribution >= 0.6 is 0 Å². The van der Waals surface area contributed by atoms with Crippen molar-refractivity contribution in [3.8, 4) is 5.82 Å². The van der Waals surface area contributed by atoms with Crippen molar-refractivity contribution in [1.29, 1.82) is 0 Å². The fraction of sp³-hybridized carbons (Fsp3) is 0. The van der Waals surface area contributed by atoms with Crippen LogP contribution in [0.4, 0.5) is 5.69 Å². The fourth-order valence-electron chi connectivity index (χ4n) is 2.16. The van der Waals surface area contributed by atoms with Crippen molar-refractivity contribution in [3.63, 3.8) is 0 Å². The molecule has 2 N–H and O–H groups in total. The molecule has 0 unspecified atom stereocenters. The molecule has 0 saturated heterocycles. The molecule has 0 atom stereocenters. The molecule has 7 heteroatoms. The van der Waals surface area contributed by atoms with Crippen LogP contribution in [0.1, 0.15) is 5.69 Å². The van der Waals surface area contributed by atoms with E-state index in [0.29, 0.717) is 22.8 Å². The molecule has 0 aliphatic heterocycles. The first-order chi connectivity index (χ1) is 12.2. The first-order valence-electron chi connectivity index (χ1n) is 7.48. The summed E-state index contributed by atoms with van der Waals surface area (Å²) < 4.78 is 1.56. The maximum Gasteiger partial charge on any atom is 0.188 e. The highest BCUT2D eigenvalue weighted by Crippen LogP contribution is 2.17. The molecule has 3 heterocycles. The third kappa shape index (κ3) is 3.67. The lowest BCUT2D eigenvalue weighted by Gasteiger charge is -2.12. The van der Waals surface area contributed by atoms with Crippen molar-refractivity contribution in [2.75, 3.05) is 5.01 Å². The van der Waals surface area contributed by atoms with E-state index in [9.17, 15) is 4.79 Å². The number of aromatic nitrogens is 4. The number of anilines is 1. The Hall–Kier alpha value is -3.58. The van der Waals surface area contributed by atoms with Crippen LogP contribution in [0.2, 0.25) is 0 Å². The van der Waals surface area contributed by atoms with Crippen LogP contribution in [0, 0.1) is 0 Å². The zero-order valence-electron chi connectivity index (χ0n) is 13.4. The fourth-order valence-corrected chi connectivity index (χ4v) is 2.16. The Bertz CT molecular complexity index is 902. The molecule has 0 aliphatic carbocycles. The molecule has 124 valence electrons. The minimum Gasteiger partial charge on any atom is -0.289 e. The number of nitrogens with two attached hydrogens (primary N) is 1. The lowest BCUT2D eigenvalue weighted by Crippen LogP contribution is -2.24. The van der Waals surface area contributed by atoms with E-state index in [1.54, 1.807) is 53.7 Å². The summed E-state index contributed by atoms with van der Waals surface area (Å²) in [5.41, 5.74) is 1.52. The number of pyridine rings is 2. The molecule has 7 nitrogen and oxygen atoms in total. The number of ketones is 1.